The van der Waals surface area contributed by atoms with E-state index in [4.69, 9.17) is 9.73 Å². The van der Waals surface area contributed by atoms with Crippen LogP contribution in [0.25, 0.3) is 0 Å². The van der Waals surface area contributed by atoms with E-state index in [0.29, 0.717) is 6.54 Å². The highest BCUT2D eigenvalue weighted by atomic mass is 16.5. The number of amidine groups is 1. The third kappa shape index (κ3) is 3.07. The summed E-state index contributed by atoms with van der Waals surface area (Å²) in [7, 11) is 1.71. The zero-order chi connectivity index (χ0) is 17.1. The number of aliphatic imine (C=N–C) groups is 1. The molecule has 5 heteroatoms. The smallest absolute Gasteiger partial charge is 0.128 e. The van der Waals surface area contributed by atoms with Gasteiger partial charge in [-0.25, -0.2) is 4.99 Å². The van der Waals surface area contributed by atoms with Crippen LogP contribution >= 0.6 is 0 Å². The van der Waals surface area contributed by atoms with Crippen LogP contribution < -0.4 is 20.7 Å². The van der Waals surface area contributed by atoms with Gasteiger partial charge < -0.3 is 20.7 Å². The Morgan fingerprint density at radius 2 is 1.84 bits per heavy atom. The number of ether oxygens (including phenoxy) is 1. The van der Waals surface area contributed by atoms with E-state index < -0.39 is 0 Å². The monoisotopic (exact) mass is 336 g/mol. The summed E-state index contributed by atoms with van der Waals surface area (Å²) in [5, 5.41) is 10.8. The highest BCUT2D eigenvalue weighted by Gasteiger charge is 2.40. The number of nitrogens with one attached hydrogen (secondary N) is 3. The number of benzene rings is 2. The molecule has 2 aliphatic rings. The quantitative estimate of drug-likeness (QED) is 0.806. The Hall–Kier alpha value is -2.53. The minimum atomic E-state index is -0.123. The van der Waals surface area contributed by atoms with Gasteiger partial charge in [0.05, 0.1) is 24.0 Å². The van der Waals surface area contributed by atoms with Gasteiger partial charge in [-0.15, -0.1) is 0 Å². The Morgan fingerprint density at radius 1 is 1.08 bits per heavy atom. The topological polar surface area (TPSA) is 57.7 Å². The summed E-state index contributed by atoms with van der Waals surface area (Å²) < 4.78 is 5.47. The number of anilines is 1. The van der Waals surface area contributed by atoms with E-state index in [9.17, 15) is 0 Å². The number of methoxy groups -OCH3 is 1. The van der Waals surface area contributed by atoms with Crippen LogP contribution in [0, 0.1) is 0 Å². The van der Waals surface area contributed by atoms with Crippen LogP contribution in [0.1, 0.15) is 18.4 Å². The molecule has 2 aliphatic heterocycles. The van der Waals surface area contributed by atoms with Crippen molar-refractivity contribution in [2.24, 2.45) is 4.99 Å². The largest absolute Gasteiger partial charge is 0.496 e. The van der Waals surface area contributed by atoms with Gasteiger partial charge in [-0.3, -0.25) is 0 Å². The summed E-state index contributed by atoms with van der Waals surface area (Å²) in [5.74, 6) is 1.93. The molecule has 0 radical (unpaired) electrons. The second-order valence-electron chi connectivity index (χ2n) is 6.60. The van der Waals surface area contributed by atoms with E-state index >= 15 is 0 Å². The van der Waals surface area contributed by atoms with Crippen LogP contribution in [-0.2, 0) is 6.54 Å². The van der Waals surface area contributed by atoms with Crippen molar-refractivity contribution in [3.05, 3.63) is 54.1 Å². The molecule has 2 aromatic carbocycles. The van der Waals surface area contributed by atoms with Crippen molar-refractivity contribution in [1.82, 2.24) is 10.6 Å². The zero-order valence-electron chi connectivity index (χ0n) is 14.5. The minimum absolute atomic E-state index is 0.123. The van der Waals surface area contributed by atoms with Crippen molar-refractivity contribution in [2.75, 3.05) is 25.5 Å². The summed E-state index contributed by atoms with van der Waals surface area (Å²) >= 11 is 0. The normalized spacial score (nSPS) is 18.0. The van der Waals surface area contributed by atoms with Gasteiger partial charge in [-0.05, 0) is 44.1 Å². The van der Waals surface area contributed by atoms with Crippen molar-refractivity contribution in [3.63, 3.8) is 0 Å². The van der Waals surface area contributed by atoms with Crippen LogP contribution in [-0.4, -0.2) is 31.6 Å². The summed E-state index contributed by atoms with van der Waals surface area (Å²) in [5.41, 5.74) is 3.12. The first-order chi connectivity index (χ1) is 12.3. The minimum Gasteiger partial charge on any atom is -0.496 e. The lowest BCUT2D eigenvalue weighted by Gasteiger charge is -2.43. The highest BCUT2D eigenvalue weighted by molar-refractivity contribution is 6.00. The van der Waals surface area contributed by atoms with E-state index in [1.807, 2.05) is 24.3 Å². The molecule has 2 heterocycles. The first-order valence-electron chi connectivity index (χ1n) is 8.84. The maximum atomic E-state index is 5.47. The van der Waals surface area contributed by atoms with Gasteiger partial charge in [0.2, 0.25) is 0 Å². The van der Waals surface area contributed by atoms with Crippen molar-refractivity contribution in [3.8, 4) is 5.75 Å². The maximum absolute atomic E-state index is 5.47. The van der Waals surface area contributed by atoms with Gasteiger partial charge in [0.25, 0.3) is 0 Å². The van der Waals surface area contributed by atoms with E-state index in [2.05, 4.69) is 40.2 Å². The van der Waals surface area contributed by atoms with Crippen LogP contribution in [0.2, 0.25) is 0 Å². The predicted octanol–water partition coefficient (Wildman–Crippen LogP) is 3.06. The molecule has 0 aliphatic carbocycles. The Labute approximate surface area is 148 Å². The number of hydrogen-bond acceptors (Lipinski definition) is 5. The summed E-state index contributed by atoms with van der Waals surface area (Å²) in [4.78, 5) is 4.97. The van der Waals surface area contributed by atoms with E-state index in [0.717, 1.165) is 54.5 Å². The fourth-order valence-electron chi connectivity index (χ4n) is 3.67. The molecule has 0 aromatic heterocycles. The molecular formula is C20H24N4O. The lowest BCUT2D eigenvalue weighted by molar-refractivity contribution is 0.404. The molecule has 0 saturated carbocycles. The first kappa shape index (κ1) is 16.0. The van der Waals surface area contributed by atoms with Crippen LogP contribution in [0.4, 0.5) is 11.4 Å². The summed E-state index contributed by atoms with van der Waals surface area (Å²) in [6.07, 6.45) is 2.03. The molecule has 25 heavy (non-hydrogen) atoms. The fourth-order valence-corrected chi connectivity index (χ4v) is 3.67. The molecule has 2 aromatic rings. The Balaban J connectivity index is 1.63. The molecule has 0 unspecified atom stereocenters. The molecule has 0 amide bonds. The molecule has 1 spiro atoms. The summed E-state index contributed by atoms with van der Waals surface area (Å²) in [6.45, 7) is 2.68. The average molecular weight is 336 g/mol. The van der Waals surface area contributed by atoms with Gasteiger partial charge in [-0.2, -0.15) is 0 Å². The number of rotatable bonds is 3. The number of nitrogens with zero attached hydrogens (tertiary/aromatic N) is 1. The SMILES string of the molecule is COc1ccccc1CNC1=Nc2ccccc2NC12CCNCC2. The van der Waals surface area contributed by atoms with Crippen LogP contribution in [0.3, 0.4) is 0 Å². The van der Waals surface area contributed by atoms with Crippen molar-refractivity contribution >= 4 is 17.2 Å². The molecule has 3 N–H and O–H groups in total. The number of para-hydroxylation sites is 3. The highest BCUT2D eigenvalue weighted by Crippen LogP contribution is 2.36. The van der Waals surface area contributed by atoms with Crippen LogP contribution in [0.15, 0.2) is 53.5 Å². The lowest BCUT2D eigenvalue weighted by atomic mass is 9.85. The second-order valence-corrected chi connectivity index (χ2v) is 6.60. The average Bonchev–Trinajstić information content (AvgIpc) is 2.67. The van der Waals surface area contributed by atoms with Crippen molar-refractivity contribution < 1.29 is 4.74 Å². The Kier molecular flexibility index (Phi) is 4.32. The predicted molar refractivity (Wildman–Crippen MR) is 102 cm³/mol. The third-order valence-corrected chi connectivity index (χ3v) is 5.06. The second kappa shape index (κ2) is 6.76. The van der Waals surface area contributed by atoms with Crippen molar-refractivity contribution in [1.29, 1.82) is 0 Å². The van der Waals surface area contributed by atoms with Gasteiger partial charge in [-0.1, -0.05) is 30.3 Å². The zero-order valence-corrected chi connectivity index (χ0v) is 14.5. The molecule has 5 nitrogen and oxygen atoms in total. The van der Waals surface area contributed by atoms with E-state index in [1.165, 1.54) is 0 Å². The van der Waals surface area contributed by atoms with Gasteiger partial charge in [0.15, 0.2) is 0 Å². The lowest BCUT2D eigenvalue weighted by Crippen LogP contribution is -2.58. The molecule has 4 rings (SSSR count). The van der Waals surface area contributed by atoms with E-state index in [1.54, 1.807) is 7.11 Å². The molecule has 1 saturated heterocycles. The Bertz CT molecular complexity index is 781. The van der Waals surface area contributed by atoms with Gasteiger partial charge >= 0.3 is 0 Å². The molecule has 1 fully saturated rings. The van der Waals surface area contributed by atoms with Crippen LogP contribution in [0.5, 0.6) is 5.75 Å². The molecular weight excluding hydrogens is 312 g/mol. The number of hydrogen-bond donors (Lipinski definition) is 3. The molecule has 130 valence electrons. The molecule has 0 bridgehead atoms. The first-order valence-corrected chi connectivity index (χ1v) is 8.84. The van der Waals surface area contributed by atoms with Crippen molar-refractivity contribution in [2.45, 2.75) is 24.9 Å². The number of piperidine rings is 1. The third-order valence-electron chi connectivity index (χ3n) is 5.06. The fraction of sp³-hybridized carbons (Fsp3) is 0.350. The molecule has 0 atom stereocenters. The number of fused-ring (bicyclic) bond motifs is 1. The summed E-state index contributed by atoms with van der Waals surface area (Å²) in [6, 6.07) is 16.4. The van der Waals surface area contributed by atoms with Gasteiger partial charge in [0.1, 0.15) is 11.6 Å². The standard InChI is InChI=1S/C20H24N4O/c1-25-18-9-5-2-6-15(18)14-22-19-20(10-12-21-13-11-20)24-17-8-4-3-7-16(17)23-19/h2-9,21,24H,10-14H2,1H3,(H,22,23). The Morgan fingerprint density at radius 3 is 2.68 bits per heavy atom. The maximum Gasteiger partial charge on any atom is 0.128 e. The van der Waals surface area contributed by atoms with E-state index in [-0.39, 0.29) is 5.54 Å². The van der Waals surface area contributed by atoms with Gasteiger partial charge in [0, 0.05) is 12.1 Å².